The highest BCUT2D eigenvalue weighted by Gasteiger charge is 2.64. The number of hydrogen-bond acceptors (Lipinski definition) is 3. The first-order valence-corrected chi connectivity index (χ1v) is 9.31. The zero-order valence-corrected chi connectivity index (χ0v) is 14.9. The number of allylic oxidation sites excluding steroid dienone is 3. The fourth-order valence-electron chi connectivity index (χ4n) is 6.68. The summed E-state index contributed by atoms with van der Waals surface area (Å²) in [7, 11) is 0. The molecule has 4 rings (SSSR count). The van der Waals surface area contributed by atoms with E-state index in [1.54, 1.807) is 0 Å². The zero-order valence-electron chi connectivity index (χ0n) is 14.9. The summed E-state index contributed by atoms with van der Waals surface area (Å²) in [6, 6.07) is 0. The predicted octanol–water partition coefficient (Wildman–Crippen LogP) is 3.48. The summed E-state index contributed by atoms with van der Waals surface area (Å²) in [5.41, 5.74) is -0.292. The third-order valence-corrected chi connectivity index (χ3v) is 8.04. The molecule has 3 fully saturated rings. The molecule has 0 aliphatic heterocycles. The summed E-state index contributed by atoms with van der Waals surface area (Å²) in [6.45, 7) is 7.59. The van der Waals surface area contributed by atoms with Crippen LogP contribution in [0.3, 0.4) is 0 Å². The lowest BCUT2D eigenvalue weighted by Gasteiger charge is -2.60. The van der Waals surface area contributed by atoms with Gasteiger partial charge in [0.1, 0.15) is 5.78 Å². The quantitative estimate of drug-likeness (QED) is 0.540. The van der Waals surface area contributed by atoms with Gasteiger partial charge in [0.15, 0.2) is 0 Å². The molecule has 0 N–H and O–H groups in total. The van der Waals surface area contributed by atoms with Crippen LogP contribution in [0.5, 0.6) is 0 Å². The van der Waals surface area contributed by atoms with Gasteiger partial charge in [0.2, 0.25) is 11.6 Å². The third kappa shape index (κ3) is 1.94. The van der Waals surface area contributed by atoms with Gasteiger partial charge in [-0.3, -0.25) is 18.8 Å². The molecule has 7 atom stereocenters. The molecule has 0 aromatic rings. The molecule has 4 aliphatic carbocycles. The second-order valence-corrected chi connectivity index (χ2v) is 8.90. The van der Waals surface area contributed by atoms with Gasteiger partial charge in [0, 0.05) is 23.2 Å². The molecule has 0 spiro atoms. The molecule has 3 saturated carbocycles. The number of Topliss-reactive ketones (excluding diaryl/α,β-unsaturated/α-hetero) is 2. The van der Waals surface area contributed by atoms with Crippen molar-refractivity contribution in [2.75, 3.05) is 6.67 Å². The molecule has 4 aliphatic rings. The Morgan fingerprint density at radius 3 is 2.60 bits per heavy atom. The van der Waals surface area contributed by atoms with Gasteiger partial charge < -0.3 is 0 Å². The second-order valence-electron chi connectivity index (χ2n) is 8.90. The van der Waals surface area contributed by atoms with Crippen LogP contribution in [0.25, 0.3) is 0 Å². The van der Waals surface area contributed by atoms with E-state index in [-0.39, 0.29) is 23.2 Å². The smallest absolute Gasteiger partial charge is 0.221 e. The molecule has 3 nitrogen and oxygen atoms in total. The van der Waals surface area contributed by atoms with Crippen molar-refractivity contribution in [2.45, 2.75) is 39.5 Å². The Morgan fingerprint density at radius 2 is 1.92 bits per heavy atom. The van der Waals surface area contributed by atoms with E-state index in [4.69, 9.17) is 0 Å². The van der Waals surface area contributed by atoms with Crippen LogP contribution in [-0.4, -0.2) is 24.0 Å². The Labute approximate surface area is 147 Å². The van der Waals surface area contributed by atoms with E-state index in [0.29, 0.717) is 17.8 Å². The van der Waals surface area contributed by atoms with Gasteiger partial charge in [0.25, 0.3) is 0 Å². The normalized spacial score (nSPS) is 49.0. The van der Waals surface area contributed by atoms with Gasteiger partial charge in [-0.05, 0) is 43.1 Å². The van der Waals surface area contributed by atoms with E-state index in [0.717, 1.165) is 19.3 Å². The van der Waals surface area contributed by atoms with Gasteiger partial charge in [-0.1, -0.05) is 32.1 Å². The van der Waals surface area contributed by atoms with E-state index in [2.05, 4.69) is 6.58 Å². The van der Waals surface area contributed by atoms with Crippen LogP contribution < -0.4 is 0 Å². The summed E-state index contributed by atoms with van der Waals surface area (Å²) in [6.07, 6.45) is 6.24. The van der Waals surface area contributed by atoms with Crippen LogP contribution in [0, 0.1) is 40.4 Å². The van der Waals surface area contributed by atoms with E-state index in [1.165, 1.54) is 6.08 Å². The zero-order chi connectivity index (χ0) is 18.1. The molecule has 134 valence electrons. The molecule has 4 heteroatoms. The third-order valence-electron chi connectivity index (χ3n) is 8.04. The van der Waals surface area contributed by atoms with Crippen LogP contribution >= 0.6 is 0 Å². The Bertz CT molecular complexity index is 723. The van der Waals surface area contributed by atoms with Gasteiger partial charge in [-0.15, -0.1) is 0 Å². The summed E-state index contributed by atoms with van der Waals surface area (Å²) in [5.74, 6) is -1.41. The molecule has 0 heterocycles. The first kappa shape index (κ1) is 16.9. The van der Waals surface area contributed by atoms with E-state index >= 15 is 0 Å². The van der Waals surface area contributed by atoms with Crippen molar-refractivity contribution in [3.05, 3.63) is 24.3 Å². The Hall–Kier alpha value is -1.58. The fourth-order valence-corrected chi connectivity index (χ4v) is 6.68. The molecular formula is C21H25FO3. The lowest BCUT2D eigenvalue weighted by atomic mass is 9.43. The van der Waals surface area contributed by atoms with Crippen molar-refractivity contribution in [3.63, 3.8) is 0 Å². The molecule has 0 bridgehead atoms. The van der Waals surface area contributed by atoms with Crippen LogP contribution in [-0.2, 0) is 14.4 Å². The molecular weight excluding hydrogens is 319 g/mol. The largest absolute Gasteiger partial charge is 0.299 e. The van der Waals surface area contributed by atoms with E-state index in [9.17, 15) is 18.8 Å². The van der Waals surface area contributed by atoms with Crippen molar-refractivity contribution in [2.24, 2.45) is 40.4 Å². The molecule has 0 saturated heterocycles. The Morgan fingerprint density at radius 1 is 1.20 bits per heavy atom. The summed E-state index contributed by atoms with van der Waals surface area (Å²) in [4.78, 5) is 37.1. The molecule has 0 aromatic heterocycles. The molecule has 0 aromatic carbocycles. The minimum absolute atomic E-state index is 0.0228. The average molecular weight is 344 g/mol. The topological polar surface area (TPSA) is 51.2 Å². The summed E-state index contributed by atoms with van der Waals surface area (Å²) < 4.78 is 14.1. The average Bonchev–Trinajstić information content (AvgIpc) is 2.87. The highest BCUT2D eigenvalue weighted by molar-refractivity contribution is 6.43. The van der Waals surface area contributed by atoms with E-state index < -0.39 is 35.5 Å². The number of carbonyl (C=O) groups excluding carboxylic acids is 3. The molecule has 0 amide bonds. The molecule has 1 unspecified atom stereocenters. The monoisotopic (exact) mass is 344 g/mol. The van der Waals surface area contributed by atoms with Crippen molar-refractivity contribution in [1.29, 1.82) is 0 Å². The second kappa shape index (κ2) is 5.21. The first-order chi connectivity index (χ1) is 11.8. The Kier molecular flexibility index (Phi) is 3.52. The van der Waals surface area contributed by atoms with Gasteiger partial charge >= 0.3 is 0 Å². The van der Waals surface area contributed by atoms with Gasteiger partial charge in [0.05, 0.1) is 12.6 Å². The maximum Gasteiger partial charge on any atom is 0.221 e. The first-order valence-electron chi connectivity index (χ1n) is 9.31. The maximum atomic E-state index is 14.1. The lowest BCUT2D eigenvalue weighted by Crippen LogP contribution is -2.59. The number of rotatable bonds is 1. The standard InChI is InChI=1S/C21H25FO3/c1-11-12(10-22)17-13-4-5-16(24)20(13,2)8-6-14(17)21(3)9-7-15(23)19(25)18(11)21/h7,9,12-14,17-18H,1,4-6,8,10H2,2-3H3/t12-,13+,14+,17+,18?,20+,21-/m1/s1. The summed E-state index contributed by atoms with van der Waals surface area (Å²) >= 11 is 0. The maximum absolute atomic E-state index is 14.1. The highest BCUT2D eigenvalue weighted by atomic mass is 19.1. The number of carbonyl (C=O) groups is 3. The predicted molar refractivity (Wildman–Crippen MR) is 91.4 cm³/mol. The highest BCUT2D eigenvalue weighted by Crippen LogP contribution is 2.66. The van der Waals surface area contributed by atoms with Crippen LogP contribution in [0.2, 0.25) is 0 Å². The van der Waals surface area contributed by atoms with Gasteiger partial charge in [-0.25, -0.2) is 0 Å². The molecule has 0 radical (unpaired) electrons. The number of fused-ring (bicyclic) bond motifs is 5. The van der Waals surface area contributed by atoms with Crippen molar-refractivity contribution in [3.8, 4) is 0 Å². The van der Waals surface area contributed by atoms with Crippen LogP contribution in [0.1, 0.15) is 39.5 Å². The lowest BCUT2D eigenvalue weighted by molar-refractivity contribution is -0.147. The van der Waals surface area contributed by atoms with Crippen molar-refractivity contribution >= 4 is 17.3 Å². The summed E-state index contributed by atoms with van der Waals surface area (Å²) in [5, 5.41) is 0. The fraction of sp³-hybridized carbons (Fsp3) is 0.667. The SMILES string of the molecule is C=C1C2C(=O)C(=O)C=C[C@]2(C)[C@H]2CC[C@]3(C)C(=O)CC[C@H]3[C@@H]2[C@@H]1CF. The van der Waals surface area contributed by atoms with Crippen LogP contribution in [0.15, 0.2) is 24.3 Å². The minimum Gasteiger partial charge on any atom is -0.299 e. The van der Waals surface area contributed by atoms with Crippen molar-refractivity contribution in [1.82, 2.24) is 0 Å². The number of hydrogen-bond donors (Lipinski definition) is 0. The minimum atomic E-state index is -0.617. The number of halogens is 1. The van der Waals surface area contributed by atoms with E-state index in [1.807, 2.05) is 19.9 Å². The molecule has 25 heavy (non-hydrogen) atoms. The Balaban J connectivity index is 1.85. The van der Waals surface area contributed by atoms with Crippen LogP contribution in [0.4, 0.5) is 4.39 Å². The van der Waals surface area contributed by atoms with Gasteiger partial charge in [-0.2, -0.15) is 0 Å². The number of ketones is 3. The van der Waals surface area contributed by atoms with Crippen molar-refractivity contribution < 1.29 is 18.8 Å². The number of alkyl halides is 1.